The monoisotopic (exact) mass is 360 g/mol. The van der Waals surface area contributed by atoms with E-state index >= 15 is 0 Å². The van der Waals surface area contributed by atoms with Crippen LogP contribution in [0.25, 0.3) is 0 Å². The van der Waals surface area contributed by atoms with E-state index in [1.807, 2.05) is 6.92 Å². The lowest BCUT2D eigenvalue weighted by atomic mass is 10.8. The summed E-state index contributed by atoms with van der Waals surface area (Å²) in [6.07, 6.45) is 0. The van der Waals surface area contributed by atoms with Crippen molar-refractivity contribution in [2.45, 2.75) is 11.4 Å². The predicted molar refractivity (Wildman–Crippen MR) is 77.6 cm³/mol. The molecule has 0 bridgehead atoms. The molecule has 0 aromatic carbocycles. The van der Waals surface area contributed by atoms with Crippen molar-refractivity contribution in [1.82, 2.24) is 0 Å². The largest absolute Gasteiger partial charge is 0.515 e. The maximum atomic E-state index is 5.84. The Morgan fingerprint density at radius 2 is 1.05 bits per heavy atom. The van der Waals surface area contributed by atoms with Gasteiger partial charge in [0.15, 0.2) is 0 Å². The number of hydrogen-bond donors (Lipinski definition) is 0. The van der Waals surface area contributed by atoms with E-state index in [0.717, 1.165) is 0 Å². The predicted octanol–water partition coefficient (Wildman–Crippen LogP) is 1.24. The highest BCUT2D eigenvalue weighted by Crippen LogP contribution is 2.21. The second-order valence-corrected chi connectivity index (χ2v) is 8.90. The first-order valence-electron chi connectivity index (χ1n) is 6.15. The minimum atomic E-state index is -2.81. The Labute approximate surface area is 125 Å². The van der Waals surface area contributed by atoms with Crippen molar-refractivity contribution in [2.24, 2.45) is 0 Å². The normalized spacial score (nSPS) is 13.7. The molecular formula is C11H25BrO6Si. The molecule has 0 heterocycles. The van der Waals surface area contributed by atoms with Crippen LogP contribution in [0.3, 0.4) is 0 Å². The molecule has 0 N–H and O–H groups in total. The molecule has 0 saturated heterocycles. The fraction of sp³-hybridized carbons (Fsp3) is 1.00. The number of halogens is 1. The number of alkyl halides is 1. The number of methoxy groups -OCH3 is 3. The molecule has 0 aliphatic carbocycles. The molecule has 0 amide bonds. The molecule has 6 nitrogen and oxygen atoms in total. The van der Waals surface area contributed by atoms with E-state index in [2.05, 4.69) is 15.9 Å². The van der Waals surface area contributed by atoms with Crippen LogP contribution in [0.2, 0.25) is 0 Å². The van der Waals surface area contributed by atoms with Crippen LogP contribution in [0.5, 0.6) is 0 Å². The fourth-order valence-electron chi connectivity index (χ4n) is 1.27. The molecule has 8 heteroatoms. The summed E-state index contributed by atoms with van der Waals surface area (Å²) in [5, 5.41) is 0. The summed E-state index contributed by atoms with van der Waals surface area (Å²) < 4.78 is 32.5. The zero-order valence-electron chi connectivity index (χ0n) is 12.1. The van der Waals surface area contributed by atoms with Gasteiger partial charge in [0, 0.05) is 21.3 Å². The highest BCUT2D eigenvalue weighted by molar-refractivity contribution is 9.10. The fourth-order valence-corrected chi connectivity index (χ4v) is 4.50. The SMILES string of the molecule is COCCO[Si](OCCOC)(OCCOC)C(C)Br. The minimum absolute atomic E-state index is 0.0226. The smallest absolute Gasteiger partial charge is 0.382 e. The van der Waals surface area contributed by atoms with Crippen LogP contribution in [-0.4, -0.2) is 74.2 Å². The molecule has 0 aliphatic heterocycles. The van der Waals surface area contributed by atoms with Gasteiger partial charge >= 0.3 is 8.80 Å². The van der Waals surface area contributed by atoms with Crippen LogP contribution in [0.15, 0.2) is 0 Å². The van der Waals surface area contributed by atoms with Gasteiger partial charge in [-0.05, 0) is 6.92 Å². The average molecular weight is 361 g/mol. The molecule has 0 rings (SSSR count). The van der Waals surface area contributed by atoms with Crippen LogP contribution in [0.1, 0.15) is 6.92 Å². The lowest BCUT2D eigenvalue weighted by Crippen LogP contribution is -2.54. The van der Waals surface area contributed by atoms with E-state index in [1.54, 1.807) is 21.3 Å². The van der Waals surface area contributed by atoms with Crippen LogP contribution < -0.4 is 0 Å². The number of hydrogen-bond acceptors (Lipinski definition) is 6. The Morgan fingerprint density at radius 1 is 0.737 bits per heavy atom. The molecule has 0 aromatic heterocycles. The Hall–Kier alpha value is 0.457. The van der Waals surface area contributed by atoms with Crippen molar-refractivity contribution < 1.29 is 27.5 Å². The van der Waals surface area contributed by atoms with Gasteiger partial charge < -0.3 is 27.5 Å². The molecule has 0 spiro atoms. The molecule has 1 unspecified atom stereocenters. The van der Waals surface area contributed by atoms with Crippen LogP contribution in [0.4, 0.5) is 0 Å². The molecule has 0 radical (unpaired) electrons. The van der Waals surface area contributed by atoms with E-state index in [4.69, 9.17) is 27.5 Å². The van der Waals surface area contributed by atoms with E-state index in [0.29, 0.717) is 39.6 Å². The summed E-state index contributed by atoms with van der Waals surface area (Å²) in [6.45, 7) is 4.73. The summed E-state index contributed by atoms with van der Waals surface area (Å²) in [6, 6.07) is 0. The number of rotatable bonds is 13. The molecule has 0 fully saturated rings. The van der Waals surface area contributed by atoms with Crippen molar-refractivity contribution in [1.29, 1.82) is 0 Å². The summed E-state index contributed by atoms with van der Waals surface area (Å²) in [5.41, 5.74) is 0. The van der Waals surface area contributed by atoms with Gasteiger partial charge in [-0.2, -0.15) is 0 Å². The summed E-state index contributed by atoms with van der Waals surface area (Å²) in [4.78, 5) is 0. The third kappa shape index (κ3) is 8.36. The molecule has 19 heavy (non-hydrogen) atoms. The molecular weight excluding hydrogens is 336 g/mol. The third-order valence-electron chi connectivity index (χ3n) is 2.26. The highest BCUT2D eigenvalue weighted by Gasteiger charge is 2.46. The van der Waals surface area contributed by atoms with Crippen molar-refractivity contribution in [3.8, 4) is 0 Å². The van der Waals surface area contributed by atoms with Gasteiger partial charge in [0.25, 0.3) is 0 Å². The molecule has 1 atom stereocenters. The van der Waals surface area contributed by atoms with Gasteiger partial charge in [-0.15, -0.1) is 0 Å². The van der Waals surface area contributed by atoms with Crippen molar-refractivity contribution in [3.63, 3.8) is 0 Å². The van der Waals surface area contributed by atoms with Crippen LogP contribution in [0, 0.1) is 0 Å². The van der Waals surface area contributed by atoms with Gasteiger partial charge in [0.05, 0.1) is 44.1 Å². The first kappa shape index (κ1) is 19.5. The summed E-state index contributed by atoms with van der Waals surface area (Å²) in [7, 11) is 2.07. The highest BCUT2D eigenvalue weighted by atomic mass is 79.9. The second kappa shape index (κ2) is 12.2. The Balaban J connectivity index is 4.48. The maximum Gasteiger partial charge on any atom is 0.515 e. The van der Waals surface area contributed by atoms with Gasteiger partial charge in [-0.1, -0.05) is 15.9 Å². The van der Waals surface area contributed by atoms with Gasteiger partial charge in [-0.3, -0.25) is 0 Å². The van der Waals surface area contributed by atoms with Gasteiger partial charge in [0.2, 0.25) is 0 Å². The lowest BCUT2D eigenvalue weighted by Gasteiger charge is -2.31. The van der Waals surface area contributed by atoms with E-state index in [1.165, 1.54) is 0 Å². The number of ether oxygens (including phenoxy) is 3. The minimum Gasteiger partial charge on any atom is -0.382 e. The Kier molecular flexibility index (Phi) is 12.5. The molecule has 0 saturated carbocycles. The molecule has 0 aromatic rings. The summed E-state index contributed by atoms with van der Waals surface area (Å²) in [5.74, 6) is 0. The quantitative estimate of drug-likeness (QED) is 0.280. The van der Waals surface area contributed by atoms with E-state index in [9.17, 15) is 0 Å². The van der Waals surface area contributed by atoms with Crippen molar-refractivity contribution in [3.05, 3.63) is 0 Å². The van der Waals surface area contributed by atoms with Crippen molar-refractivity contribution >= 4 is 24.7 Å². The molecule has 0 aliphatic rings. The Morgan fingerprint density at radius 3 is 1.26 bits per heavy atom. The topological polar surface area (TPSA) is 55.4 Å². The average Bonchev–Trinajstić information content (AvgIpc) is 2.38. The van der Waals surface area contributed by atoms with Crippen LogP contribution >= 0.6 is 15.9 Å². The third-order valence-corrected chi connectivity index (χ3v) is 6.74. The standard InChI is InChI=1S/C11H25BrO6Si/c1-11(12)19(16-8-5-13-2,17-9-6-14-3)18-10-7-15-4/h11H,5-10H2,1-4H3. The Bertz CT molecular complexity index is 181. The van der Waals surface area contributed by atoms with Gasteiger partial charge in [-0.25, -0.2) is 0 Å². The van der Waals surface area contributed by atoms with Gasteiger partial charge in [0.1, 0.15) is 0 Å². The van der Waals surface area contributed by atoms with E-state index < -0.39 is 8.80 Å². The lowest BCUT2D eigenvalue weighted by molar-refractivity contribution is 0.0145. The van der Waals surface area contributed by atoms with Crippen LogP contribution in [-0.2, 0) is 27.5 Å². The maximum absolute atomic E-state index is 5.84. The van der Waals surface area contributed by atoms with E-state index in [-0.39, 0.29) is 4.45 Å². The van der Waals surface area contributed by atoms with Crippen molar-refractivity contribution in [2.75, 3.05) is 61.0 Å². The first-order valence-corrected chi connectivity index (χ1v) is 8.87. The zero-order valence-corrected chi connectivity index (χ0v) is 14.7. The molecule has 116 valence electrons. The first-order chi connectivity index (χ1) is 9.13. The second-order valence-electron chi connectivity index (χ2n) is 3.74. The zero-order chi connectivity index (χ0) is 14.6. The summed E-state index contributed by atoms with van der Waals surface area (Å²) >= 11 is 3.52.